The van der Waals surface area contributed by atoms with E-state index in [0.717, 1.165) is 17.3 Å². The van der Waals surface area contributed by atoms with Gasteiger partial charge in [0.25, 0.3) is 0 Å². The van der Waals surface area contributed by atoms with Crippen LogP contribution in [0.25, 0.3) is 0 Å². The highest BCUT2D eigenvalue weighted by Crippen LogP contribution is 2.34. The van der Waals surface area contributed by atoms with Crippen molar-refractivity contribution >= 4 is 40.4 Å². The molecule has 0 unspecified atom stereocenters. The molecule has 0 saturated carbocycles. The van der Waals surface area contributed by atoms with Crippen LogP contribution in [0, 0.1) is 0 Å². The van der Waals surface area contributed by atoms with Crippen LogP contribution in [0.15, 0.2) is 23.0 Å². The summed E-state index contributed by atoms with van der Waals surface area (Å²) < 4.78 is 0. The maximum absolute atomic E-state index is 10.8. The molecule has 66 valence electrons. The van der Waals surface area contributed by atoms with Crippen molar-refractivity contribution in [2.24, 2.45) is 0 Å². The van der Waals surface area contributed by atoms with Gasteiger partial charge in [-0.2, -0.15) is 0 Å². The van der Waals surface area contributed by atoms with Gasteiger partial charge < -0.3 is 0 Å². The Kier molecular flexibility index (Phi) is 4.95. The summed E-state index contributed by atoms with van der Waals surface area (Å²) in [5.74, 6) is 0.879. The minimum absolute atomic E-state index is 0.0752. The second kappa shape index (κ2) is 5.78. The van der Waals surface area contributed by atoms with Gasteiger partial charge in [0.2, 0.25) is 5.12 Å². The first-order valence-electron chi connectivity index (χ1n) is 3.55. The van der Waals surface area contributed by atoms with E-state index < -0.39 is 0 Å². The van der Waals surface area contributed by atoms with Gasteiger partial charge in [-0.15, -0.1) is 23.5 Å². The van der Waals surface area contributed by atoms with Crippen molar-refractivity contribution < 1.29 is 4.79 Å². The summed E-state index contributed by atoms with van der Waals surface area (Å²) in [6, 6.07) is 0. The molecule has 1 nitrogen and oxygen atoms in total. The van der Waals surface area contributed by atoms with Crippen molar-refractivity contribution in [3.63, 3.8) is 0 Å². The lowest BCUT2D eigenvalue weighted by Crippen LogP contribution is -1.87. The predicted molar refractivity (Wildman–Crippen MR) is 60.4 cm³/mol. The highest BCUT2D eigenvalue weighted by Gasteiger charge is 2.05. The van der Waals surface area contributed by atoms with E-state index in [9.17, 15) is 4.79 Å². The Balaban J connectivity index is 2.09. The van der Waals surface area contributed by atoms with Crippen LogP contribution in [0.1, 0.15) is 6.42 Å². The molecule has 12 heavy (non-hydrogen) atoms. The monoisotopic (exact) mass is 218 g/mol. The Morgan fingerprint density at radius 2 is 2.67 bits per heavy atom. The van der Waals surface area contributed by atoms with Gasteiger partial charge in [-0.1, -0.05) is 18.3 Å². The zero-order chi connectivity index (χ0) is 8.81. The molecule has 0 saturated heterocycles. The molecular formula is C8H10OS3. The highest BCUT2D eigenvalue weighted by molar-refractivity contribution is 8.22. The molecule has 0 bridgehead atoms. The van der Waals surface area contributed by atoms with Crippen molar-refractivity contribution in [2.75, 3.05) is 10.8 Å². The summed E-state index contributed by atoms with van der Waals surface area (Å²) in [4.78, 5) is 12.2. The molecule has 0 fully saturated rings. The van der Waals surface area contributed by atoms with Crippen LogP contribution in [0.5, 0.6) is 0 Å². The zero-order valence-corrected chi connectivity index (χ0v) is 9.07. The maximum atomic E-state index is 10.8. The van der Waals surface area contributed by atoms with Crippen molar-refractivity contribution in [1.29, 1.82) is 0 Å². The fourth-order valence-electron chi connectivity index (χ4n) is 0.713. The summed E-state index contributed by atoms with van der Waals surface area (Å²) in [7, 11) is 0. The summed E-state index contributed by atoms with van der Waals surface area (Å²) >= 11 is 5.05. The first-order valence-corrected chi connectivity index (χ1v) is 6.57. The minimum Gasteiger partial charge on any atom is -0.282 e. The smallest absolute Gasteiger partial charge is 0.211 e. The Hall–Kier alpha value is 0.200. The average molecular weight is 218 g/mol. The summed E-state index contributed by atoms with van der Waals surface area (Å²) in [6.45, 7) is 3.42. The second-order valence-electron chi connectivity index (χ2n) is 2.13. The molecule has 0 N–H and O–H groups in total. The molecule has 0 aliphatic carbocycles. The van der Waals surface area contributed by atoms with Gasteiger partial charge in [-0.05, 0) is 22.8 Å². The Bertz CT molecular complexity index is 210. The van der Waals surface area contributed by atoms with Crippen molar-refractivity contribution in [1.82, 2.24) is 0 Å². The maximum Gasteiger partial charge on any atom is 0.211 e. The molecule has 4 heteroatoms. The highest BCUT2D eigenvalue weighted by atomic mass is 32.2. The molecule has 1 aliphatic heterocycles. The Labute approximate surface area is 85.4 Å². The number of rotatable bonds is 4. The molecular weight excluding hydrogens is 208 g/mol. The number of carbonyl (C=O) groups excluding carboxylic acids is 1. The predicted octanol–water partition coefficient (Wildman–Crippen LogP) is 3.10. The van der Waals surface area contributed by atoms with Gasteiger partial charge in [0, 0.05) is 10.8 Å². The SMILES string of the molecule is C=CC(=O)SCCC1=CSCS1. The number of hydrogen-bond acceptors (Lipinski definition) is 4. The van der Waals surface area contributed by atoms with Gasteiger partial charge in [-0.3, -0.25) is 4.79 Å². The average Bonchev–Trinajstić information content (AvgIpc) is 2.57. The van der Waals surface area contributed by atoms with E-state index in [4.69, 9.17) is 0 Å². The fourth-order valence-corrected chi connectivity index (χ4v) is 3.66. The molecule has 1 rings (SSSR count). The van der Waals surface area contributed by atoms with E-state index in [-0.39, 0.29) is 5.12 Å². The van der Waals surface area contributed by atoms with Crippen LogP contribution in [0.2, 0.25) is 0 Å². The fraction of sp³-hybridized carbons (Fsp3) is 0.375. The van der Waals surface area contributed by atoms with Gasteiger partial charge in [0.15, 0.2) is 0 Å². The van der Waals surface area contributed by atoms with Crippen LogP contribution in [0.4, 0.5) is 0 Å². The number of allylic oxidation sites excluding steroid dienone is 1. The normalized spacial score (nSPS) is 15.8. The lowest BCUT2D eigenvalue weighted by Gasteiger charge is -1.97. The van der Waals surface area contributed by atoms with Gasteiger partial charge in [-0.25, -0.2) is 0 Å². The van der Waals surface area contributed by atoms with Crippen LogP contribution in [-0.4, -0.2) is 16.0 Å². The standard InChI is InChI=1S/C8H10OS3/c1-2-8(9)11-4-3-7-5-10-6-12-7/h2,5H,1,3-4,6H2. The molecule has 1 heterocycles. The van der Waals surface area contributed by atoms with E-state index in [1.807, 2.05) is 23.5 Å². The van der Waals surface area contributed by atoms with E-state index in [1.165, 1.54) is 22.7 Å². The number of carbonyl (C=O) groups is 1. The Morgan fingerprint density at radius 3 is 3.25 bits per heavy atom. The largest absolute Gasteiger partial charge is 0.282 e. The lowest BCUT2D eigenvalue weighted by atomic mass is 10.5. The van der Waals surface area contributed by atoms with Crippen LogP contribution < -0.4 is 0 Å². The molecule has 0 aromatic heterocycles. The van der Waals surface area contributed by atoms with Gasteiger partial charge >= 0.3 is 0 Å². The molecule has 1 aliphatic rings. The lowest BCUT2D eigenvalue weighted by molar-refractivity contribution is -0.107. The van der Waals surface area contributed by atoms with Gasteiger partial charge in [0.1, 0.15) is 0 Å². The van der Waals surface area contributed by atoms with E-state index in [2.05, 4.69) is 12.0 Å². The quantitative estimate of drug-likeness (QED) is 0.674. The molecule has 0 aromatic rings. The summed E-state index contributed by atoms with van der Waals surface area (Å²) in [5.41, 5.74) is 0. The molecule has 0 amide bonds. The zero-order valence-electron chi connectivity index (χ0n) is 6.62. The third-order valence-corrected chi connectivity index (χ3v) is 4.45. The second-order valence-corrected chi connectivity index (χ2v) is 5.56. The first kappa shape index (κ1) is 10.3. The minimum atomic E-state index is 0.0752. The molecule has 0 aromatic carbocycles. The number of hydrogen-bond donors (Lipinski definition) is 0. The molecule has 0 spiro atoms. The number of thioether (sulfide) groups is 3. The van der Waals surface area contributed by atoms with Gasteiger partial charge in [0.05, 0.1) is 0 Å². The van der Waals surface area contributed by atoms with E-state index >= 15 is 0 Å². The van der Waals surface area contributed by atoms with Crippen LogP contribution >= 0.6 is 35.3 Å². The summed E-state index contributed by atoms with van der Waals surface area (Å²) in [6.07, 6.45) is 2.39. The van der Waals surface area contributed by atoms with Crippen LogP contribution in [0.3, 0.4) is 0 Å². The summed E-state index contributed by atoms with van der Waals surface area (Å²) in [5, 5.41) is 3.39. The van der Waals surface area contributed by atoms with Crippen LogP contribution in [-0.2, 0) is 4.79 Å². The topological polar surface area (TPSA) is 17.1 Å². The van der Waals surface area contributed by atoms with Crippen molar-refractivity contribution in [3.05, 3.63) is 23.0 Å². The van der Waals surface area contributed by atoms with Crippen molar-refractivity contribution in [2.45, 2.75) is 6.42 Å². The molecule has 0 radical (unpaired) electrons. The Morgan fingerprint density at radius 1 is 1.83 bits per heavy atom. The first-order chi connectivity index (χ1) is 5.83. The third-order valence-electron chi connectivity index (χ3n) is 1.29. The molecule has 0 atom stereocenters. The van der Waals surface area contributed by atoms with E-state index in [1.54, 1.807) is 0 Å². The third kappa shape index (κ3) is 3.74. The van der Waals surface area contributed by atoms with Crippen molar-refractivity contribution in [3.8, 4) is 0 Å². The van der Waals surface area contributed by atoms with E-state index in [0.29, 0.717) is 0 Å².